The van der Waals surface area contributed by atoms with Gasteiger partial charge in [-0.3, -0.25) is 4.79 Å². The normalized spacial score (nSPS) is 17.9. The fourth-order valence-corrected chi connectivity index (χ4v) is 2.46. The second-order valence-corrected chi connectivity index (χ2v) is 5.68. The van der Waals surface area contributed by atoms with Crippen LogP contribution in [0.3, 0.4) is 0 Å². The summed E-state index contributed by atoms with van der Waals surface area (Å²) in [6.45, 7) is 7.38. The van der Waals surface area contributed by atoms with Crippen molar-refractivity contribution in [3.8, 4) is 5.75 Å². The quantitative estimate of drug-likeness (QED) is 0.919. The first-order valence-electron chi connectivity index (χ1n) is 7.25. The number of ether oxygens (including phenoxy) is 1. The van der Waals surface area contributed by atoms with Crippen molar-refractivity contribution >= 4 is 5.91 Å². The van der Waals surface area contributed by atoms with Crippen LogP contribution in [0.5, 0.6) is 5.75 Å². The Hall–Kier alpha value is -1.55. The zero-order valence-electron chi connectivity index (χ0n) is 12.6. The van der Waals surface area contributed by atoms with Crippen LogP contribution in [-0.4, -0.2) is 36.0 Å². The lowest BCUT2D eigenvalue weighted by Crippen LogP contribution is -2.47. The lowest BCUT2D eigenvalue weighted by Gasteiger charge is -2.33. The third-order valence-electron chi connectivity index (χ3n) is 3.92. The number of hydrogen-bond acceptors (Lipinski definition) is 3. The Balaban J connectivity index is 1.88. The van der Waals surface area contributed by atoms with Gasteiger partial charge in [-0.1, -0.05) is 6.07 Å². The van der Waals surface area contributed by atoms with Gasteiger partial charge in [-0.05, 0) is 44.0 Å². The zero-order valence-corrected chi connectivity index (χ0v) is 12.6. The standard InChI is InChI=1S/C16H24N2O2/c1-11-4-5-15(10-12(11)2)20-14-6-8-18(9-7-14)16(19)13(3)17/h4-5,10,13-14H,6-9,17H2,1-3H3/t13-/m1/s1. The van der Waals surface area contributed by atoms with Crippen LogP contribution < -0.4 is 10.5 Å². The minimum absolute atomic E-state index is 0.0367. The number of carbonyl (C=O) groups excluding carboxylic acids is 1. The van der Waals surface area contributed by atoms with Crippen LogP contribution in [0.15, 0.2) is 18.2 Å². The highest BCUT2D eigenvalue weighted by Gasteiger charge is 2.25. The number of benzene rings is 1. The third kappa shape index (κ3) is 3.51. The number of aryl methyl sites for hydroxylation is 2. The van der Waals surface area contributed by atoms with Gasteiger partial charge in [0.2, 0.25) is 5.91 Å². The zero-order chi connectivity index (χ0) is 14.7. The Kier molecular flexibility index (Phi) is 4.65. The average Bonchev–Trinajstić information content (AvgIpc) is 2.43. The molecule has 0 spiro atoms. The van der Waals surface area contributed by atoms with Gasteiger partial charge in [0, 0.05) is 25.9 Å². The number of nitrogens with zero attached hydrogens (tertiary/aromatic N) is 1. The van der Waals surface area contributed by atoms with Crippen LogP contribution in [0, 0.1) is 13.8 Å². The van der Waals surface area contributed by atoms with E-state index in [0.717, 1.165) is 31.7 Å². The van der Waals surface area contributed by atoms with Gasteiger partial charge >= 0.3 is 0 Å². The van der Waals surface area contributed by atoms with E-state index in [1.54, 1.807) is 6.92 Å². The van der Waals surface area contributed by atoms with Crippen molar-refractivity contribution in [1.82, 2.24) is 4.90 Å². The monoisotopic (exact) mass is 276 g/mol. The van der Waals surface area contributed by atoms with Gasteiger partial charge in [-0.25, -0.2) is 0 Å². The second-order valence-electron chi connectivity index (χ2n) is 5.68. The molecule has 4 nitrogen and oxygen atoms in total. The lowest BCUT2D eigenvalue weighted by atomic mass is 10.1. The first kappa shape index (κ1) is 14.9. The molecule has 4 heteroatoms. The second kappa shape index (κ2) is 6.27. The summed E-state index contributed by atoms with van der Waals surface area (Å²) < 4.78 is 6.01. The van der Waals surface area contributed by atoms with Crippen LogP contribution in [0.1, 0.15) is 30.9 Å². The van der Waals surface area contributed by atoms with E-state index in [0.29, 0.717) is 0 Å². The SMILES string of the molecule is Cc1ccc(OC2CCN(C(=O)[C@@H](C)N)CC2)cc1C. The molecule has 1 aliphatic heterocycles. The molecule has 0 bridgehead atoms. The van der Waals surface area contributed by atoms with Gasteiger partial charge in [0.15, 0.2) is 0 Å². The summed E-state index contributed by atoms with van der Waals surface area (Å²) in [6.07, 6.45) is 1.92. The molecular weight excluding hydrogens is 252 g/mol. The number of nitrogens with two attached hydrogens (primary N) is 1. The average molecular weight is 276 g/mol. The van der Waals surface area contributed by atoms with Crippen LogP contribution in [0.25, 0.3) is 0 Å². The summed E-state index contributed by atoms with van der Waals surface area (Å²) in [6, 6.07) is 5.77. The van der Waals surface area contributed by atoms with Crippen molar-refractivity contribution in [2.24, 2.45) is 5.73 Å². The molecule has 1 saturated heterocycles. The maximum absolute atomic E-state index is 11.8. The maximum atomic E-state index is 11.8. The summed E-state index contributed by atoms with van der Waals surface area (Å²) in [5.74, 6) is 0.958. The van der Waals surface area contributed by atoms with Crippen LogP contribution >= 0.6 is 0 Å². The van der Waals surface area contributed by atoms with Gasteiger partial charge in [0.1, 0.15) is 11.9 Å². The highest BCUT2D eigenvalue weighted by molar-refractivity contribution is 5.81. The molecule has 1 heterocycles. The van der Waals surface area contributed by atoms with Crippen LogP contribution in [0.4, 0.5) is 0 Å². The van der Waals surface area contributed by atoms with Crippen molar-refractivity contribution in [3.05, 3.63) is 29.3 Å². The molecule has 0 aromatic heterocycles. The van der Waals surface area contributed by atoms with Crippen molar-refractivity contribution < 1.29 is 9.53 Å². The highest BCUT2D eigenvalue weighted by atomic mass is 16.5. The van der Waals surface area contributed by atoms with E-state index in [4.69, 9.17) is 10.5 Å². The molecule has 2 N–H and O–H groups in total. The molecule has 0 radical (unpaired) electrons. The minimum Gasteiger partial charge on any atom is -0.490 e. The molecule has 0 unspecified atom stereocenters. The number of amides is 1. The Bertz CT molecular complexity index is 477. The van der Waals surface area contributed by atoms with Crippen molar-refractivity contribution in [1.29, 1.82) is 0 Å². The topological polar surface area (TPSA) is 55.6 Å². The molecule has 110 valence electrons. The first-order chi connectivity index (χ1) is 9.47. The summed E-state index contributed by atoms with van der Waals surface area (Å²) in [7, 11) is 0. The number of piperidine rings is 1. The van der Waals surface area contributed by atoms with E-state index in [1.807, 2.05) is 11.0 Å². The van der Waals surface area contributed by atoms with E-state index in [-0.39, 0.29) is 12.0 Å². The first-order valence-corrected chi connectivity index (χ1v) is 7.25. The molecule has 1 aromatic rings. The van der Waals surface area contributed by atoms with Crippen LogP contribution in [0.2, 0.25) is 0 Å². The smallest absolute Gasteiger partial charge is 0.239 e. The number of carbonyl (C=O) groups is 1. The summed E-state index contributed by atoms with van der Waals surface area (Å²) in [5.41, 5.74) is 8.15. The van der Waals surface area contributed by atoms with E-state index < -0.39 is 6.04 Å². The molecule has 1 fully saturated rings. The predicted molar refractivity (Wildman–Crippen MR) is 79.8 cm³/mol. The Labute approximate surface area is 120 Å². The molecule has 0 saturated carbocycles. The molecule has 20 heavy (non-hydrogen) atoms. The fourth-order valence-electron chi connectivity index (χ4n) is 2.46. The van der Waals surface area contributed by atoms with Gasteiger partial charge in [0.25, 0.3) is 0 Å². The van der Waals surface area contributed by atoms with Gasteiger partial charge in [-0.15, -0.1) is 0 Å². The van der Waals surface area contributed by atoms with E-state index in [1.165, 1.54) is 11.1 Å². The van der Waals surface area contributed by atoms with Crippen LogP contribution in [-0.2, 0) is 4.79 Å². The number of rotatable bonds is 3. The number of hydrogen-bond donors (Lipinski definition) is 1. The van der Waals surface area contributed by atoms with Crippen molar-refractivity contribution in [2.45, 2.75) is 45.8 Å². The van der Waals surface area contributed by atoms with Gasteiger partial charge in [0.05, 0.1) is 6.04 Å². The third-order valence-corrected chi connectivity index (χ3v) is 3.92. The summed E-state index contributed by atoms with van der Waals surface area (Å²) in [5, 5.41) is 0. The molecule has 0 aliphatic carbocycles. The van der Waals surface area contributed by atoms with Crippen molar-refractivity contribution in [3.63, 3.8) is 0 Å². The molecule has 1 amide bonds. The van der Waals surface area contributed by atoms with Gasteiger partial charge in [-0.2, -0.15) is 0 Å². The minimum atomic E-state index is -0.410. The molecule has 1 atom stereocenters. The largest absolute Gasteiger partial charge is 0.490 e. The molecule has 1 aliphatic rings. The predicted octanol–water partition coefficient (Wildman–Crippen LogP) is 2.02. The van der Waals surface area contributed by atoms with E-state index >= 15 is 0 Å². The maximum Gasteiger partial charge on any atom is 0.239 e. The fraction of sp³-hybridized carbons (Fsp3) is 0.562. The molecule has 1 aromatic carbocycles. The Morgan fingerprint density at radius 3 is 2.50 bits per heavy atom. The molecule has 2 rings (SSSR count). The Morgan fingerprint density at radius 2 is 1.95 bits per heavy atom. The molecular formula is C16H24N2O2. The summed E-state index contributed by atoms with van der Waals surface area (Å²) in [4.78, 5) is 13.6. The highest BCUT2D eigenvalue weighted by Crippen LogP contribution is 2.21. The van der Waals surface area contributed by atoms with Crippen molar-refractivity contribution in [2.75, 3.05) is 13.1 Å². The lowest BCUT2D eigenvalue weighted by molar-refractivity contribution is -0.133. The summed E-state index contributed by atoms with van der Waals surface area (Å²) >= 11 is 0. The van der Waals surface area contributed by atoms with Gasteiger partial charge < -0.3 is 15.4 Å². The Morgan fingerprint density at radius 1 is 1.30 bits per heavy atom. The number of likely N-dealkylation sites (tertiary alicyclic amines) is 1. The van der Waals surface area contributed by atoms with E-state index in [9.17, 15) is 4.79 Å². The van der Waals surface area contributed by atoms with E-state index in [2.05, 4.69) is 26.0 Å².